The number of piperidine rings is 1. The molecule has 26 heavy (non-hydrogen) atoms. The second kappa shape index (κ2) is 6.49. The van der Waals surface area contributed by atoms with Crippen LogP contribution in [0.3, 0.4) is 0 Å². The Hall–Kier alpha value is -1.67. The number of likely N-dealkylation sites (tertiary alicyclic amines) is 1. The molecule has 4 rings (SSSR count). The summed E-state index contributed by atoms with van der Waals surface area (Å²) in [7, 11) is 0. The molecule has 2 N–H and O–H groups in total. The smallest absolute Gasteiger partial charge is 0.330 e. The van der Waals surface area contributed by atoms with Gasteiger partial charge in [0.15, 0.2) is 0 Å². The summed E-state index contributed by atoms with van der Waals surface area (Å²) in [6.45, 7) is 1.36. The molecule has 0 spiro atoms. The van der Waals surface area contributed by atoms with Crippen molar-refractivity contribution in [3.8, 4) is 0 Å². The van der Waals surface area contributed by atoms with E-state index in [1.54, 1.807) is 6.20 Å². The summed E-state index contributed by atoms with van der Waals surface area (Å²) in [6.07, 6.45) is -1.37. The first kappa shape index (κ1) is 17.7. The summed E-state index contributed by atoms with van der Waals surface area (Å²) in [5.74, 6) is -0.426. The Balaban J connectivity index is 1.66. The van der Waals surface area contributed by atoms with Crippen LogP contribution in [-0.4, -0.2) is 47.1 Å². The van der Waals surface area contributed by atoms with Crippen molar-refractivity contribution in [2.24, 2.45) is 17.8 Å². The van der Waals surface area contributed by atoms with Crippen LogP contribution in [0.25, 0.3) is 0 Å². The minimum Gasteiger partial charge on any atom is -0.330 e. The van der Waals surface area contributed by atoms with Crippen LogP contribution in [-0.2, 0) is 4.79 Å². The summed E-state index contributed by atoms with van der Waals surface area (Å²) in [6, 6.07) is 5.15. The molecular weight excluding hydrogens is 345 g/mol. The number of hydrogen-bond donors (Lipinski definition) is 2. The molecule has 6 unspecified atom stereocenters. The van der Waals surface area contributed by atoms with E-state index >= 15 is 0 Å². The number of halogens is 3. The van der Waals surface area contributed by atoms with Gasteiger partial charge in [0.05, 0.1) is 5.92 Å². The zero-order valence-electron chi connectivity index (χ0n) is 14.5. The normalized spacial score (nSPS) is 37.4. The van der Waals surface area contributed by atoms with Crippen molar-refractivity contribution >= 4 is 5.91 Å². The molecule has 0 bridgehead atoms. The Kier molecular flexibility index (Phi) is 4.43. The van der Waals surface area contributed by atoms with Crippen LogP contribution in [0.4, 0.5) is 13.2 Å². The summed E-state index contributed by atoms with van der Waals surface area (Å²) in [4.78, 5) is 18.3. The van der Waals surface area contributed by atoms with E-state index in [1.807, 2.05) is 18.2 Å². The predicted molar refractivity (Wildman–Crippen MR) is 88.8 cm³/mol. The lowest BCUT2D eigenvalue weighted by molar-refractivity contribution is -0.179. The van der Waals surface area contributed by atoms with E-state index in [-0.39, 0.29) is 23.8 Å². The van der Waals surface area contributed by atoms with Gasteiger partial charge in [-0.1, -0.05) is 13.0 Å². The Bertz CT molecular complexity index is 668. The summed E-state index contributed by atoms with van der Waals surface area (Å²) in [5.41, 5.74) is 7.03. The number of hydrogen-bond acceptors (Lipinski definition) is 4. The van der Waals surface area contributed by atoms with Gasteiger partial charge in [-0.15, -0.1) is 0 Å². The standard InChI is InChI=1S/C18H23F3N4O/c1-10-6-12-15(7-11(10)14-4-2-3-5-22-14)25(9-18(19,20)21)17(26)13-8-23-24-16(12)13/h2-5,10-13,15-16,23-24H,6-9H2,1H3. The number of pyridine rings is 1. The van der Waals surface area contributed by atoms with Crippen LogP contribution in [0, 0.1) is 17.8 Å². The monoisotopic (exact) mass is 368 g/mol. The molecule has 1 aliphatic carbocycles. The predicted octanol–water partition coefficient (Wildman–Crippen LogP) is 2.08. The SMILES string of the molecule is CC1CC2C3NNCC3C(=O)N(CC(F)(F)F)C2CC1c1ccccn1. The van der Waals surface area contributed by atoms with Gasteiger partial charge in [-0.05, 0) is 36.8 Å². The number of rotatable bonds is 2. The number of alkyl halides is 3. The van der Waals surface area contributed by atoms with E-state index in [0.717, 1.165) is 17.0 Å². The van der Waals surface area contributed by atoms with E-state index in [2.05, 4.69) is 22.8 Å². The van der Waals surface area contributed by atoms with Gasteiger partial charge in [-0.3, -0.25) is 20.6 Å². The van der Waals surface area contributed by atoms with E-state index in [4.69, 9.17) is 0 Å². The number of aromatic nitrogens is 1. The molecule has 1 saturated carbocycles. The molecule has 3 aliphatic rings. The molecule has 2 aliphatic heterocycles. The lowest BCUT2D eigenvalue weighted by Gasteiger charge is -2.52. The molecule has 1 aromatic heterocycles. The van der Waals surface area contributed by atoms with Gasteiger partial charge in [0.2, 0.25) is 5.91 Å². The Morgan fingerprint density at radius 2 is 2.08 bits per heavy atom. The fraction of sp³-hybridized carbons (Fsp3) is 0.667. The van der Waals surface area contributed by atoms with Gasteiger partial charge in [-0.2, -0.15) is 13.2 Å². The maximum Gasteiger partial charge on any atom is 0.406 e. The number of hydrazine groups is 1. The molecular formula is C18H23F3N4O. The molecule has 142 valence electrons. The molecule has 3 fully saturated rings. The van der Waals surface area contributed by atoms with E-state index in [0.29, 0.717) is 18.9 Å². The number of carbonyl (C=O) groups is 1. The zero-order valence-corrected chi connectivity index (χ0v) is 14.5. The quantitative estimate of drug-likeness (QED) is 0.839. The van der Waals surface area contributed by atoms with Crippen molar-refractivity contribution in [2.75, 3.05) is 13.1 Å². The highest BCUT2D eigenvalue weighted by molar-refractivity contribution is 5.82. The van der Waals surface area contributed by atoms with Crippen LogP contribution < -0.4 is 10.9 Å². The zero-order chi connectivity index (χ0) is 18.5. The van der Waals surface area contributed by atoms with Gasteiger partial charge < -0.3 is 4.90 Å². The minimum atomic E-state index is -4.39. The van der Waals surface area contributed by atoms with Gasteiger partial charge in [0.1, 0.15) is 6.54 Å². The first-order valence-electron chi connectivity index (χ1n) is 9.11. The van der Waals surface area contributed by atoms with Crippen LogP contribution >= 0.6 is 0 Å². The largest absolute Gasteiger partial charge is 0.406 e. The van der Waals surface area contributed by atoms with E-state index in [9.17, 15) is 18.0 Å². The molecule has 3 heterocycles. The average Bonchev–Trinajstić information content (AvgIpc) is 3.08. The number of carbonyl (C=O) groups excluding carboxylic acids is 1. The lowest BCUT2D eigenvalue weighted by atomic mass is 9.64. The highest BCUT2D eigenvalue weighted by Crippen LogP contribution is 2.47. The first-order chi connectivity index (χ1) is 12.3. The number of nitrogens with zero attached hydrogens (tertiary/aromatic N) is 2. The van der Waals surface area contributed by atoms with E-state index < -0.39 is 24.7 Å². The van der Waals surface area contributed by atoms with Crippen molar-refractivity contribution in [2.45, 2.75) is 43.9 Å². The van der Waals surface area contributed by atoms with Crippen molar-refractivity contribution in [1.82, 2.24) is 20.7 Å². The van der Waals surface area contributed by atoms with Crippen molar-refractivity contribution in [1.29, 1.82) is 0 Å². The van der Waals surface area contributed by atoms with Crippen molar-refractivity contribution in [3.05, 3.63) is 30.1 Å². The third-order valence-electron chi connectivity index (χ3n) is 6.22. The number of nitrogens with one attached hydrogen (secondary N) is 2. The first-order valence-corrected chi connectivity index (χ1v) is 9.11. The van der Waals surface area contributed by atoms with Crippen LogP contribution in [0.2, 0.25) is 0 Å². The molecule has 1 amide bonds. The molecule has 8 heteroatoms. The highest BCUT2D eigenvalue weighted by Gasteiger charge is 2.55. The van der Waals surface area contributed by atoms with Crippen molar-refractivity contribution < 1.29 is 18.0 Å². The van der Waals surface area contributed by atoms with Gasteiger partial charge >= 0.3 is 6.18 Å². The second-order valence-corrected chi connectivity index (χ2v) is 7.78. The lowest BCUT2D eigenvalue weighted by Crippen LogP contribution is -2.64. The topological polar surface area (TPSA) is 57.3 Å². The summed E-state index contributed by atoms with van der Waals surface area (Å²) in [5, 5.41) is 0. The average molecular weight is 368 g/mol. The fourth-order valence-electron chi connectivity index (χ4n) is 5.10. The Morgan fingerprint density at radius 1 is 1.27 bits per heavy atom. The van der Waals surface area contributed by atoms with Gasteiger partial charge in [-0.25, -0.2) is 0 Å². The molecule has 1 aromatic rings. The third-order valence-corrected chi connectivity index (χ3v) is 6.22. The van der Waals surface area contributed by atoms with Crippen LogP contribution in [0.15, 0.2) is 24.4 Å². The second-order valence-electron chi connectivity index (χ2n) is 7.78. The van der Waals surface area contributed by atoms with Crippen LogP contribution in [0.5, 0.6) is 0 Å². The van der Waals surface area contributed by atoms with Crippen LogP contribution in [0.1, 0.15) is 31.4 Å². The maximum atomic E-state index is 13.2. The molecule has 0 aromatic carbocycles. The molecule has 2 saturated heterocycles. The Labute approximate surface area is 150 Å². The molecule has 0 radical (unpaired) electrons. The number of amides is 1. The van der Waals surface area contributed by atoms with Gasteiger partial charge in [0, 0.05) is 36.4 Å². The maximum absolute atomic E-state index is 13.2. The molecule has 5 nitrogen and oxygen atoms in total. The Morgan fingerprint density at radius 3 is 2.77 bits per heavy atom. The van der Waals surface area contributed by atoms with Gasteiger partial charge in [0.25, 0.3) is 0 Å². The third kappa shape index (κ3) is 3.09. The van der Waals surface area contributed by atoms with E-state index in [1.165, 1.54) is 0 Å². The summed E-state index contributed by atoms with van der Waals surface area (Å²) < 4.78 is 39.5. The fourth-order valence-corrected chi connectivity index (χ4v) is 5.10. The number of fused-ring (bicyclic) bond motifs is 3. The summed E-state index contributed by atoms with van der Waals surface area (Å²) >= 11 is 0. The molecule has 6 atom stereocenters. The highest BCUT2D eigenvalue weighted by atomic mass is 19.4. The van der Waals surface area contributed by atoms with Crippen molar-refractivity contribution in [3.63, 3.8) is 0 Å². The minimum absolute atomic E-state index is 0.0185.